The van der Waals surface area contributed by atoms with Crippen LogP contribution in [0.15, 0.2) is 16.6 Å². The number of rotatable bonds is 4. The lowest BCUT2D eigenvalue weighted by atomic mass is 10.0. The number of piperazine rings is 1. The molecule has 2 rings (SSSR count). The molecule has 1 fully saturated rings. The van der Waals surface area contributed by atoms with E-state index in [0.717, 1.165) is 43.9 Å². The highest BCUT2D eigenvalue weighted by atomic mass is 79.9. The molecule has 0 aliphatic carbocycles. The average Bonchev–Trinajstić information content (AvgIpc) is 2.45. The molecule has 1 atom stereocenters. The molecule has 0 radical (unpaired) electrons. The second-order valence-electron chi connectivity index (χ2n) is 4.76. The number of hydrogen-bond donors (Lipinski definition) is 2. The van der Waals surface area contributed by atoms with Gasteiger partial charge in [0.2, 0.25) is 0 Å². The summed E-state index contributed by atoms with van der Waals surface area (Å²) in [5.41, 5.74) is 0.940. The molecule has 1 heterocycles. The van der Waals surface area contributed by atoms with Crippen molar-refractivity contribution in [3.8, 4) is 11.5 Å². The summed E-state index contributed by atoms with van der Waals surface area (Å²) in [7, 11) is 1.65. The van der Waals surface area contributed by atoms with E-state index in [2.05, 4.69) is 33.1 Å². The van der Waals surface area contributed by atoms with Crippen LogP contribution in [0.4, 0.5) is 0 Å². The molecule has 21 heavy (non-hydrogen) atoms. The Morgan fingerprint density at radius 2 is 1.95 bits per heavy atom. The van der Waals surface area contributed by atoms with Crippen LogP contribution in [0.2, 0.25) is 0 Å². The Bertz CT molecular complexity index is 443. The molecule has 1 aliphatic rings. The normalized spacial score (nSPS) is 16.5. The van der Waals surface area contributed by atoms with Crippen molar-refractivity contribution in [2.24, 2.45) is 0 Å². The van der Waals surface area contributed by atoms with Gasteiger partial charge in [-0.1, -0.05) is 6.92 Å². The number of benzene rings is 1. The van der Waals surface area contributed by atoms with Crippen molar-refractivity contribution in [3.05, 3.63) is 22.2 Å². The SMILES string of the molecule is CC[C@@H](c1cc(OC)cc(Br)c1O)N1CCNCC1.Cl.Cl. The van der Waals surface area contributed by atoms with Crippen LogP contribution in [-0.4, -0.2) is 43.3 Å². The standard InChI is InChI=1S/C14H21BrN2O2.2ClH/c1-3-13(17-6-4-16-5-7-17)11-8-10(19-2)9-12(15)14(11)18;;/h8-9,13,16,18H,3-7H2,1-2H3;2*1H/t13-;;/m0../s1. The lowest BCUT2D eigenvalue weighted by molar-refractivity contribution is 0.166. The van der Waals surface area contributed by atoms with Crippen molar-refractivity contribution in [1.82, 2.24) is 10.2 Å². The van der Waals surface area contributed by atoms with Gasteiger partial charge in [0.05, 0.1) is 11.6 Å². The van der Waals surface area contributed by atoms with Gasteiger partial charge in [-0.25, -0.2) is 0 Å². The van der Waals surface area contributed by atoms with Gasteiger partial charge in [0, 0.05) is 37.8 Å². The maximum atomic E-state index is 10.3. The van der Waals surface area contributed by atoms with E-state index in [1.54, 1.807) is 13.2 Å². The van der Waals surface area contributed by atoms with E-state index < -0.39 is 0 Å². The molecule has 2 N–H and O–H groups in total. The summed E-state index contributed by atoms with van der Waals surface area (Å²) in [4.78, 5) is 2.41. The van der Waals surface area contributed by atoms with E-state index in [0.29, 0.717) is 10.2 Å². The van der Waals surface area contributed by atoms with Gasteiger partial charge in [-0.05, 0) is 34.5 Å². The van der Waals surface area contributed by atoms with E-state index in [4.69, 9.17) is 4.74 Å². The maximum absolute atomic E-state index is 10.3. The highest BCUT2D eigenvalue weighted by Crippen LogP contribution is 2.39. The van der Waals surface area contributed by atoms with Gasteiger partial charge in [0.15, 0.2) is 0 Å². The second kappa shape index (κ2) is 9.74. The first kappa shape index (κ1) is 20.8. The number of methoxy groups -OCH3 is 1. The summed E-state index contributed by atoms with van der Waals surface area (Å²) in [6.45, 7) is 6.17. The van der Waals surface area contributed by atoms with Gasteiger partial charge in [-0.15, -0.1) is 24.8 Å². The van der Waals surface area contributed by atoms with Gasteiger partial charge >= 0.3 is 0 Å². The zero-order valence-electron chi connectivity index (χ0n) is 12.3. The first-order valence-corrected chi connectivity index (χ1v) is 7.47. The van der Waals surface area contributed by atoms with Crippen LogP contribution in [0.1, 0.15) is 24.9 Å². The predicted octanol–water partition coefficient (Wildman–Crippen LogP) is 3.36. The molecule has 1 saturated heterocycles. The number of nitrogens with one attached hydrogen (secondary N) is 1. The molecule has 1 aliphatic heterocycles. The minimum Gasteiger partial charge on any atom is -0.506 e. The zero-order chi connectivity index (χ0) is 13.8. The largest absolute Gasteiger partial charge is 0.506 e. The fourth-order valence-electron chi connectivity index (χ4n) is 2.63. The first-order chi connectivity index (χ1) is 9.17. The topological polar surface area (TPSA) is 44.7 Å². The van der Waals surface area contributed by atoms with E-state index in [-0.39, 0.29) is 30.9 Å². The lowest BCUT2D eigenvalue weighted by Gasteiger charge is -2.35. The minimum atomic E-state index is 0. The van der Waals surface area contributed by atoms with Gasteiger partial charge in [-0.3, -0.25) is 4.90 Å². The van der Waals surface area contributed by atoms with E-state index >= 15 is 0 Å². The number of phenols is 1. The van der Waals surface area contributed by atoms with Crippen LogP contribution in [0.5, 0.6) is 11.5 Å². The molecule has 122 valence electrons. The van der Waals surface area contributed by atoms with Crippen LogP contribution < -0.4 is 10.1 Å². The van der Waals surface area contributed by atoms with Crippen molar-refractivity contribution in [3.63, 3.8) is 0 Å². The van der Waals surface area contributed by atoms with Crippen molar-refractivity contribution in [1.29, 1.82) is 0 Å². The van der Waals surface area contributed by atoms with Gasteiger partial charge in [-0.2, -0.15) is 0 Å². The summed E-state index contributed by atoms with van der Waals surface area (Å²) in [6.07, 6.45) is 0.965. The van der Waals surface area contributed by atoms with E-state index in [9.17, 15) is 5.11 Å². The van der Waals surface area contributed by atoms with Gasteiger partial charge < -0.3 is 15.2 Å². The molecule has 7 heteroatoms. The smallest absolute Gasteiger partial charge is 0.134 e. The summed E-state index contributed by atoms with van der Waals surface area (Å²) < 4.78 is 5.99. The molecule has 0 amide bonds. The Balaban J connectivity index is 0.00000200. The van der Waals surface area contributed by atoms with Gasteiger partial charge in [0.25, 0.3) is 0 Å². The summed E-state index contributed by atoms with van der Waals surface area (Å²) in [5.74, 6) is 1.10. The van der Waals surface area contributed by atoms with E-state index in [1.165, 1.54) is 0 Å². The molecule has 1 aromatic carbocycles. The number of halogens is 3. The highest BCUT2D eigenvalue weighted by molar-refractivity contribution is 9.10. The van der Waals surface area contributed by atoms with Crippen LogP contribution in [0.3, 0.4) is 0 Å². The summed E-state index contributed by atoms with van der Waals surface area (Å²) in [6, 6.07) is 3.97. The highest BCUT2D eigenvalue weighted by Gasteiger charge is 2.24. The van der Waals surface area contributed by atoms with Crippen molar-refractivity contribution >= 4 is 40.7 Å². The maximum Gasteiger partial charge on any atom is 0.134 e. The molecule has 0 spiro atoms. The molecule has 4 nitrogen and oxygen atoms in total. The van der Waals surface area contributed by atoms with E-state index in [1.807, 2.05) is 6.07 Å². The minimum absolute atomic E-state index is 0. The quantitative estimate of drug-likeness (QED) is 0.811. The molecular weight excluding hydrogens is 379 g/mol. The Morgan fingerprint density at radius 3 is 2.48 bits per heavy atom. The Morgan fingerprint density at radius 1 is 1.33 bits per heavy atom. The summed E-state index contributed by atoms with van der Waals surface area (Å²) in [5, 5.41) is 13.7. The Kier molecular flexibility index (Phi) is 9.65. The summed E-state index contributed by atoms with van der Waals surface area (Å²) >= 11 is 3.40. The first-order valence-electron chi connectivity index (χ1n) is 6.68. The van der Waals surface area contributed by atoms with Crippen LogP contribution in [-0.2, 0) is 0 Å². The predicted molar refractivity (Wildman–Crippen MR) is 94.3 cm³/mol. The zero-order valence-corrected chi connectivity index (χ0v) is 15.5. The number of phenolic OH excluding ortho intramolecular Hbond substituents is 1. The Labute approximate surface area is 147 Å². The molecule has 0 aromatic heterocycles. The Hall–Kier alpha value is -0.200. The van der Waals surface area contributed by atoms with Crippen LogP contribution >= 0.6 is 40.7 Å². The van der Waals surface area contributed by atoms with Gasteiger partial charge in [0.1, 0.15) is 11.5 Å². The molecule has 0 bridgehead atoms. The van der Waals surface area contributed by atoms with Crippen molar-refractivity contribution < 1.29 is 9.84 Å². The number of aromatic hydroxyl groups is 1. The third kappa shape index (κ3) is 4.89. The van der Waals surface area contributed by atoms with Crippen LogP contribution in [0, 0.1) is 0 Å². The van der Waals surface area contributed by atoms with Crippen LogP contribution in [0.25, 0.3) is 0 Å². The fourth-order valence-corrected chi connectivity index (χ4v) is 3.09. The number of ether oxygens (including phenoxy) is 1. The average molecular weight is 402 g/mol. The monoisotopic (exact) mass is 400 g/mol. The number of hydrogen-bond acceptors (Lipinski definition) is 4. The third-order valence-corrected chi connectivity index (χ3v) is 4.24. The molecule has 1 aromatic rings. The number of nitrogens with zero attached hydrogens (tertiary/aromatic N) is 1. The van der Waals surface area contributed by atoms with Crippen molar-refractivity contribution in [2.75, 3.05) is 33.3 Å². The molecular formula is C14H23BrCl2N2O2. The fraction of sp³-hybridized carbons (Fsp3) is 0.571. The molecule has 0 saturated carbocycles. The third-order valence-electron chi connectivity index (χ3n) is 3.64. The lowest BCUT2D eigenvalue weighted by Crippen LogP contribution is -2.45. The van der Waals surface area contributed by atoms with Crippen molar-refractivity contribution in [2.45, 2.75) is 19.4 Å². The molecule has 0 unspecified atom stereocenters. The second-order valence-corrected chi connectivity index (χ2v) is 5.61.